The molecule has 1 amide bonds. The minimum atomic E-state index is -0.0960. The molecule has 5 nitrogen and oxygen atoms in total. The molecule has 3 aliphatic heterocycles. The van der Waals surface area contributed by atoms with E-state index in [0.717, 1.165) is 44.4 Å². The molecule has 1 aliphatic carbocycles. The number of hydrogen-bond donors (Lipinski definition) is 2. The molecule has 4 rings (SSSR count). The summed E-state index contributed by atoms with van der Waals surface area (Å²) in [6.07, 6.45) is 5.78. The SMILES string of the molecule is NC(=O)C1CCNC2(C1)CC2C1CCN(C2COC2)CC1. The van der Waals surface area contributed by atoms with Gasteiger partial charge in [0.05, 0.1) is 19.3 Å². The maximum atomic E-state index is 11.5. The van der Waals surface area contributed by atoms with Gasteiger partial charge in [0.15, 0.2) is 0 Å². The monoisotopic (exact) mass is 293 g/mol. The number of hydrogen-bond acceptors (Lipinski definition) is 4. The quantitative estimate of drug-likeness (QED) is 0.787. The number of piperidine rings is 2. The van der Waals surface area contributed by atoms with Gasteiger partial charge in [-0.1, -0.05) is 0 Å². The number of carbonyl (C=O) groups is 1. The van der Waals surface area contributed by atoms with Gasteiger partial charge in [0.25, 0.3) is 0 Å². The molecular weight excluding hydrogens is 266 g/mol. The molecule has 0 aromatic carbocycles. The minimum Gasteiger partial charge on any atom is -0.378 e. The summed E-state index contributed by atoms with van der Waals surface area (Å²) in [6, 6.07) is 0.686. The molecule has 118 valence electrons. The van der Waals surface area contributed by atoms with Crippen LogP contribution in [0.4, 0.5) is 0 Å². The fraction of sp³-hybridized carbons (Fsp3) is 0.938. The molecule has 3 N–H and O–H groups in total. The smallest absolute Gasteiger partial charge is 0.220 e. The van der Waals surface area contributed by atoms with Gasteiger partial charge in [-0.05, 0) is 63.6 Å². The lowest BCUT2D eigenvalue weighted by Gasteiger charge is -2.42. The van der Waals surface area contributed by atoms with Crippen LogP contribution in [0.5, 0.6) is 0 Å². The van der Waals surface area contributed by atoms with E-state index in [1.54, 1.807) is 0 Å². The third-order valence-corrected chi connectivity index (χ3v) is 6.40. The van der Waals surface area contributed by atoms with Gasteiger partial charge in [-0.2, -0.15) is 0 Å². The molecule has 3 heterocycles. The van der Waals surface area contributed by atoms with E-state index in [2.05, 4.69) is 10.2 Å². The van der Waals surface area contributed by atoms with Crippen LogP contribution in [0.15, 0.2) is 0 Å². The Hall–Kier alpha value is -0.650. The van der Waals surface area contributed by atoms with Crippen molar-refractivity contribution in [3.05, 3.63) is 0 Å². The topological polar surface area (TPSA) is 67.6 Å². The summed E-state index contributed by atoms with van der Waals surface area (Å²) in [7, 11) is 0. The number of ether oxygens (including phenoxy) is 1. The van der Waals surface area contributed by atoms with E-state index in [9.17, 15) is 4.79 Å². The van der Waals surface area contributed by atoms with E-state index in [-0.39, 0.29) is 17.4 Å². The summed E-state index contributed by atoms with van der Waals surface area (Å²) in [6.45, 7) is 5.27. The molecule has 3 atom stereocenters. The van der Waals surface area contributed by atoms with Crippen molar-refractivity contribution in [3.63, 3.8) is 0 Å². The van der Waals surface area contributed by atoms with Crippen LogP contribution in [0.2, 0.25) is 0 Å². The Morgan fingerprint density at radius 2 is 1.95 bits per heavy atom. The van der Waals surface area contributed by atoms with Crippen LogP contribution >= 0.6 is 0 Å². The summed E-state index contributed by atoms with van der Waals surface area (Å²) in [5.41, 5.74) is 5.78. The summed E-state index contributed by atoms with van der Waals surface area (Å²) in [5.74, 6) is 1.62. The largest absolute Gasteiger partial charge is 0.378 e. The molecule has 0 bridgehead atoms. The Bertz CT molecular complexity index is 418. The number of nitrogens with one attached hydrogen (secondary N) is 1. The summed E-state index contributed by atoms with van der Waals surface area (Å²) in [4.78, 5) is 14.1. The van der Waals surface area contributed by atoms with Gasteiger partial charge in [-0.15, -0.1) is 0 Å². The second-order valence-electron chi connectivity index (χ2n) is 7.55. The second kappa shape index (κ2) is 5.21. The molecule has 21 heavy (non-hydrogen) atoms. The van der Waals surface area contributed by atoms with E-state index in [0.29, 0.717) is 6.04 Å². The first-order valence-electron chi connectivity index (χ1n) is 8.54. The first-order chi connectivity index (χ1) is 10.2. The van der Waals surface area contributed by atoms with Crippen molar-refractivity contribution in [3.8, 4) is 0 Å². The highest BCUT2D eigenvalue weighted by Gasteiger charge is 2.59. The fourth-order valence-electron chi connectivity index (χ4n) is 4.86. The predicted octanol–water partition coefficient (Wildman–Crippen LogP) is 0.341. The fourth-order valence-corrected chi connectivity index (χ4v) is 4.86. The van der Waals surface area contributed by atoms with Gasteiger partial charge in [0, 0.05) is 11.5 Å². The lowest BCUT2D eigenvalue weighted by atomic mass is 9.83. The third kappa shape index (κ3) is 2.49. The normalized spacial score (nSPS) is 41.9. The van der Waals surface area contributed by atoms with E-state index < -0.39 is 0 Å². The van der Waals surface area contributed by atoms with E-state index in [1.165, 1.54) is 32.4 Å². The van der Waals surface area contributed by atoms with Crippen molar-refractivity contribution in [2.75, 3.05) is 32.8 Å². The Labute approximate surface area is 126 Å². The molecule has 1 spiro atoms. The Morgan fingerprint density at radius 1 is 1.19 bits per heavy atom. The van der Waals surface area contributed by atoms with Crippen molar-refractivity contribution in [2.24, 2.45) is 23.5 Å². The first kappa shape index (κ1) is 14.0. The van der Waals surface area contributed by atoms with Crippen molar-refractivity contribution in [1.29, 1.82) is 0 Å². The standard InChI is InChI=1S/C16H27N3O2/c17-15(20)12-1-4-18-16(7-12)8-14(16)11-2-5-19(6-3-11)13-9-21-10-13/h11-14,18H,1-10H2,(H2,17,20). The number of likely N-dealkylation sites (tertiary alicyclic amines) is 1. The van der Waals surface area contributed by atoms with Gasteiger partial charge in [-0.25, -0.2) is 0 Å². The Kier molecular flexibility index (Phi) is 3.47. The average molecular weight is 293 g/mol. The zero-order chi connectivity index (χ0) is 14.4. The van der Waals surface area contributed by atoms with E-state index >= 15 is 0 Å². The van der Waals surface area contributed by atoms with Crippen LogP contribution in [0.1, 0.15) is 32.1 Å². The molecule has 3 saturated heterocycles. The number of carbonyl (C=O) groups excluding carboxylic acids is 1. The molecule has 4 aliphatic rings. The summed E-state index contributed by atoms with van der Waals surface area (Å²) >= 11 is 0. The van der Waals surface area contributed by atoms with Crippen molar-refractivity contribution >= 4 is 5.91 Å². The minimum absolute atomic E-state index is 0.0960. The second-order valence-corrected chi connectivity index (χ2v) is 7.55. The summed E-state index contributed by atoms with van der Waals surface area (Å²) in [5, 5.41) is 3.72. The third-order valence-electron chi connectivity index (χ3n) is 6.40. The molecule has 4 fully saturated rings. The molecule has 5 heteroatoms. The number of nitrogens with zero attached hydrogens (tertiary/aromatic N) is 1. The van der Waals surface area contributed by atoms with Crippen LogP contribution in [0, 0.1) is 17.8 Å². The maximum absolute atomic E-state index is 11.5. The number of amides is 1. The van der Waals surface area contributed by atoms with Gasteiger partial charge in [0.2, 0.25) is 5.91 Å². The zero-order valence-corrected chi connectivity index (χ0v) is 12.7. The van der Waals surface area contributed by atoms with Crippen LogP contribution in [0.25, 0.3) is 0 Å². The number of rotatable bonds is 3. The highest BCUT2D eigenvalue weighted by Crippen LogP contribution is 2.56. The van der Waals surface area contributed by atoms with Crippen LogP contribution in [-0.4, -0.2) is 55.2 Å². The molecule has 3 unspecified atom stereocenters. The highest BCUT2D eigenvalue weighted by atomic mass is 16.5. The Balaban J connectivity index is 1.31. The molecule has 0 aromatic rings. The average Bonchev–Trinajstić information content (AvgIpc) is 3.11. The maximum Gasteiger partial charge on any atom is 0.220 e. The molecular formula is C16H27N3O2. The number of nitrogens with two attached hydrogens (primary N) is 1. The number of primary amides is 1. The van der Waals surface area contributed by atoms with Crippen molar-refractivity contribution < 1.29 is 9.53 Å². The molecule has 0 aromatic heterocycles. The van der Waals surface area contributed by atoms with Gasteiger partial charge >= 0.3 is 0 Å². The van der Waals surface area contributed by atoms with E-state index in [1.807, 2.05) is 0 Å². The van der Waals surface area contributed by atoms with E-state index in [4.69, 9.17) is 10.5 Å². The zero-order valence-electron chi connectivity index (χ0n) is 12.7. The van der Waals surface area contributed by atoms with Crippen molar-refractivity contribution in [1.82, 2.24) is 10.2 Å². The Morgan fingerprint density at radius 3 is 2.57 bits per heavy atom. The van der Waals surface area contributed by atoms with Gasteiger partial charge in [-0.3, -0.25) is 9.69 Å². The van der Waals surface area contributed by atoms with Crippen LogP contribution in [-0.2, 0) is 9.53 Å². The molecule has 0 radical (unpaired) electrons. The summed E-state index contributed by atoms with van der Waals surface area (Å²) < 4.78 is 5.30. The lowest BCUT2D eigenvalue weighted by Crippen LogP contribution is -2.52. The molecule has 1 saturated carbocycles. The first-order valence-corrected chi connectivity index (χ1v) is 8.54. The van der Waals surface area contributed by atoms with Crippen molar-refractivity contribution in [2.45, 2.75) is 43.7 Å². The van der Waals surface area contributed by atoms with Crippen LogP contribution < -0.4 is 11.1 Å². The predicted molar refractivity (Wildman–Crippen MR) is 79.7 cm³/mol. The lowest BCUT2D eigenvalue weighted by molar-refractivity contribution is -0.123. The highest BCUT2D eigenvalue weighted by molar-refractivity contribution is 5.77. The van der Waals surface area contributed by atoms with Crippen LogP contribution in [0.3, 0.4) is 0 Å². The van der Waals surface area contributed by atoms with Gasteiger partial charge < -0.3 is 15.8 Å². The van der Waals surface area contributed by atoms with Gasteiger partial charge in [0.1, 0.15) is 0 Å².